The molecule has 0 bridgehead atoms. The van der Waals surface area contributed by atoms with Crippen LogP contribution in [0, 0.1) is 17.0 Å². The van der Waals surface area contributed by atoms with E-state index in [1.54, 1.807) is 13.0 Å². The summed E-state index contributed by atoms with van der Waals surface area (Å²) in [6, 6.07) is 3.59. The van der Waals surface area contributed by atoms with Gasteiger partial charge in [-0.2, -0.15) is 4.98 Å². The van der Waals surface area contributed by atoms with Crippen molar-refractivity contribution in [3.63, 3.8) is 0 Å². The maximum Gasteiger partial charge on any atom is 0.270 e. The van der Waals surface area contributed by atoms with Crippen LogP contribution >= 0.6 is 0 Å². The molecule has 2 atom stereocenters. The van der Waals surface area contributed by atoms with Gasteiger partial charge in [0, 0.05) is 17.7 Å². The van der Waals surface area contributed by atoms with Crippen molar-refractivity contribution in [2.45, 2.75) is 26.0 Å². The summed E-state index contributed by atoms with van der Waals surface area (Å²) in [7, 11) is 0. The van der Waals surface area contributed by atoms with E-state index in [1.165, 1.54) is 19.1 Å². The van der Waals surface area contributed by atoms with Crippen molar-refractivity contribution in [3.05, 3.63) is 39.8 Å². The molecule has 1 aromatic carbocycles. The lowest BCUT2D eigenvalue weighted by Gasteiger charge is -2.08. The predicted molar refractivity (Wildman–Crippen MR) is 69.7 cm³/mol. The predicted octanol–water partition coefficient (Wildman–Crippen LogP) is 1.33. The third-order valence-electron chi connectivity index (χ3n) is 2.92. The molecule has 0 radical (unpaired) electrons. The monoisotopic (exact) mass is 278 g/mol. The average Bonchev–Trinajstić information content (AvgIpc) is 2.87. The first-order chi connectivity index (χ1) is 9.40. The van der Waals surface area contributed by atoms with Gasteiger partial charge in [-0.25, -0.2) is 0 Å². The molecule has 1 aromatic heterocycles. The molecule has 0 spiro atoms. The standard InChI is InChI=1S/C12H14N4O4/c1-6-3-4-8(16(18)19)5-9(6)11-14-12(20-15-11)10(13)7(2)17/h3-5,7,10,17H,13H2,1-2H3/t7-,10+/m1/s1. The van der Waals surface area contributed by atoms with Gasteiger partial charge in [0.1, 0.15) is 6.04 Å². The number of hydrogen-bond donors (Lipinski definition) is 2. The lowest BCUT2D eigenvalue weighted by atomic mass is 10.1. The normalized spacial score (nSPS) is 14.0. The Bertz CT molecular complexity index is 638. The second-order valence-corrected chi connectivity index (χ2v) is 4.48. The van der Waals surface area contributed by atoms with Crippen molar-refractivity contribution in [1.82, 2.24) is 10.1 Å². The van der Waals surface area contributed by atoms with Gasteiger partial charge in [-0.05, 0) is 19.4 Å². The fourth-order valence-electron chi connectivity index (χ4n) is 1.65. The van der Waals surface area contributed by atoms with Crippen molar-refractivity contribution in [2.24, 2.45) is 5.73 Å². The summed E-state index contributed by atoms with van der Waals surface area (Å²) in [5.74, 6) is 0.290. The van der Waals surface area contributed by atoms with Crippen LogP contribution in [0.1, 0.15) is 24.4 Å². The van der Waals surface area contributed by atoms with E-state index in [9.17, 15) is 15.2 Å². The second kappa shape index (κ2) is 5.35. The Kier molecular flexibility index (Phi) is 3.77. The molecule has 0 saturated carbocycles. The summed E-state index contributed by atoms with van der Waals surface area (Å²) in [5.41, 5.74) is 6.90. The van der Waals surface area contributed by atoms with E-state index in [0.717, 1.165) is 5.56 Å². The second-order valence-electron chi connectivity index (χ2n) is 4.48. The van der Waals surface area contributed by atoms with Crippen LogP contribution in [0.25, 0.3) is 11.4 Å². The third kappa shape index (κ3) is 2.65. The number of hydrogen-bond acceptors (Lipinski definition) is 7. The minimum atomic E-state index is -0.838. The maximum absolute atomic E-state index is 10.8. The van der Waals surface area contributed by atoms with Crippen molar-refractivity contribution < 1.29 is 14.6 Å². The molecule has 0 aliphatic rings. The minimum absolute atomic E-state index is 0.0585. The van der Waals surface area contributed by atoms with Crippen molar-refractivity contribution in [3.8, 4) is 11.4 Å². The molecule has 0 aliphatic heterocycles. The number of aromatic nitrogens is 2. The van der Waals surface area contributed by atoms with Gasteiger partial charge in [0.05, 0.1) is 11.0 Å². The molecule has 20 heavy (non-hydrogen) atoms. The summed E-state index contributed by atoms with van der Waals surface area (Å²) >= 11 is 0. The van der Waals surface area contributed by atoms with Crippen LogP contribution in [-0.4, -0.2) is 26.3 Å². The van der Waals surface area contributed by atoms with E-state index in [1.807, 2.05) is 0 Å². The lowest BCUT2D eigenvalue weighted by molar-refractivity contribution is -0.384. The van der Waals surface area contributed by atoms with Crippen molar-refractivity contribution >= 4 is 5.69 Å². The van der Waals surface area contributed by atoms with Crippen molar-refractivity contribution in [2.75, 3.05) is 0 Å². The Balaban J connectivity index is 2.42. The highest BCUT2D eigenvalue weighted by Crippen LogP contribution is 2.26. The zero-order valence-corrected chi connectivity index (χ0v) is 11.0. The largest absolute Gasteiger partial charge is 0.391 e. The molecule has 0 fully saturated rings. The SMILES string of the molecule is Cc1ccc([N+](=O)[O-])cc1-c1noc([C@@H](N)[C@@H](C)O)n1. The topological polar surface area (TPSA) is 128 Å². The van der Waals surface area contributed by atoms with Crippen LogP contribution in [0.5, 0.6) is 0 Å². The molecule has 0 amide bonds. The number of rotatable bonds is 4. The molecular weight excluding hydrogens is 264 g/mol. The van der Waals surface area contributed by atoms with Crippen LogP contribution < -0.4 is 5.73 Å². The number of aliphatic hydroxyl groups excluding tert-OH is 1. The summed E-state index contributed by atoms with van der Waals surface area (Å²) < 4.78 is 4.98. The highest BCUT2D eigenvalue weighted by molar-refractivity contribution is 5.63. The van der Waals surface area contributed by atoms with Crippen LogP contribution in [0.2, 0.25) is 0 Å². The first-order valence-electron chi connectivity index (χ1n) is 5.93. The fraction of sp³-hybridized carbons (Fsp3) is 0.333. The minimum Gasteiger partial charge on any atom is -0.391 e. The molecule has 3 N–H and O–H groups in total. The number of non-ortho nitro benzene ring substituents is 1. The number of nitro groups is 1. The van der Waals surface area contributed by atoms with E-state index in [-0.39, 0.29) is 17.4 Å². The summed E-state index contributed by atoms with van der Waals surface area (Å²) in [6.45, 7) is 3.29. The Labute approximate surface area is 114 Å². The van der Waals surface area contributed by atoms with Crippen LogP contribution in [0.15, 0.2) is 22.7 Å². The molecule has 8 heteroatoms. The van der Waals surface area contributed by atoms with Gasteiger partial charge in [0.15, 0.2) is 0 Å². The summed E-state index contributed by atoms with van der Waals surface area (Å²) in [6.07, 6.45) is -0.838. The zero-order chi connectivity index (χ0) is 14.9. The molecule has 0 saturated heterocycles. The van der Waals surface area contributed by atoms with Crippen LogP contribution in [0.3, 0.4) is 0 Å². The molecule has 2 aromatic rings. The summed E-state index contributed by atoms with van der Waals surface area (Å²) in [5, 5.41) is 23.9. The fourth-order valence-corrected chi connectivity index (χ4v) is 1.65. The third-order valence-corrected chi connectivity index (χ3v) is 2.92. The maximum atomic E-state index is 10.8. The van der Waals surface area contributed by atoms with Gasteiger partial charge in [-0.1, -0.05) is 11.2 Å². The van der Waals surface area contributed by atoms with Gasteiger partial charge in [-0.3, -0.25) is 10.1 Å². The number of nitrogens with two attached hydrogens (primary N) is 1. The Morgan fingerprint density at radius 3 is 2.80 bits per heavy atom. The Morgan fingerprint density at radius 1 is 1.50 bits per heavy atom. The van der Waals surface area contributed by atoms with Gasteiger partial charge >= 0.3 is 0 Å². The van der Waals surface area contributed by atoms with E-state index in [4.69, 9.17) is 10.3 Å². The van der Waals surface area contributed by atoms with E-state index in [2.05, 4.69) is 10.1 Å². The van der Waals surface area contributed by atoms with E-state index in [0.29, 0.717) is 5.56 Å². The summed E-state index contributed by atoms with van der Waals surface area (Å²) in [4.78, 5) is 14.4. The smallest absolute Gasteiger partial charge is 0.270 e. The number of benzene rings is 1. The van der Waals surface area contributed by atoms with Crippen molar-refractivity contribution in [1.29, 1.82) is 0 Å². The number of aryl methyl sites for hydroxylation is 1. The van der Waals surface area contributed by atoms with Gasteiger partial charge < -0.3 is 15.4 Å². The molecule has 0 unspecified atom stereocenters. The number of nitro benzene ring substituents is 1. The number of aliphatic hydroxyl groups is 1. The number of nitrogens with zero attached hydrogens (tertiary/aromatic N) is 3. The molecule has 2 rings (SSSR count). The highest BCUT2D eigenvalue weighted by atomic mass is 16.6. The van der Waals surface area contributed by atoms with Gasteiger partial charge in [0.25, 0.3) is 5.69 Å². The molecule has 1 heterocycles. The average molecular weight is 278 g/mol. The highest BCUT2D eigenvalue weighted by Gasteiger charge is 2.21. The van der Waals surface area contributed by atoms with Crippen LogP contribution in [-0.2, 0) is 0 Å². The van der Waals surface area contributed by atoms with Gasteiger partial charge in [0.2, 0.25) is 11.7 Å². The first kappa shape index (κ1) is 14.1. The van der Waals surface area contributed by atoms with E-state index >= 15 is 0 Å². The van der Waals surface area contributed by atoms with Crippen LogP contribution in [0.4, 0.5) is 5.69 Å². The van der Waals surface area contributed by atoms with Gasteiger partial charge in [-0.15, -0.1) is 0 Å². The molecule has 106 valence electrons. The molecule has 0 aliphatic carbocycles. The Morgan fingerprint density at radius 2 is 2.20 bits per heavy atom. The zero-order valence-electron chi connectivity index (χ0n) is 11.0. The quantitative estimate of drug-likeness (QED) is 0.637. The Hall–Kier alpha value is -2.32. The lowest BCUT2D eigenvalue weighted by Crippen LogP contribution is -2.23. The van der Waals surface area contributed by atoms with E-state index < -0.39 is 17.1 Å². The molecule has 8 nitrogen and oxygen atoms in total. The molecular formula is C12H14N4O4. The first-order valence-corrected chi connectivity index (χ1v) is 5.93.